The zero-order valence-corrected chi connectivity index (χ0v) is 14.0. The minimum atomic E-state index is 0.483. The van der Waals surface area contributed by atoms with Crippen LogP contribution in [0.1, 0.15) is 27.7 Å². The maximum absolute atomic E-state index is 5.98. The monoisotopic (exact) mass is 296 g/mol. The van der Waals surface area contributed by atoms with Gasteiger partial charge in [-0.05, 0) is 27.7 Å². The zero-order chi connectivity index (χ0) is 16.0. The van der Waals surface area contributed by atoms with Crippen LogP contribution < -0.4 is 19.9 Å². The van der Waals surface area contributed by atoms with E-state index >= 15 is 0 Å². The number of anilines is 1. The summed E-state index contributed by atoms with van der Waals surface area (Å²) in [5.74, 6) is 1.85. The van der Waals surface area contributed by atoms with Crippen LogP contribution in [-0.2, 0) is 0 Å². The molecule has 0 heterocycles. The van der Waals surface area contributed by atoms with Crippen molar-refractivity contribution in [3.8, 4) is 17.2 Å². The SMILES string of the molecule is COc1cc(N)c(OCCN(C(C)C)C(C)C)cc1OC. The first kappa shape index (κ1) is 17.4. The molecule has 0 saturated carbocycles. The van der Waals surface area contributed by atoms with Gasteiger partial charge in [-0.1, -0.05) is 0 Å². The van der Waals surface area contributed by atoms with E-state index in [-0.39, 0.29) is 0 Å². The number of nitrogen functional groups attached to an aromatic ring is 1. The second kappa shape index (κ2) is 7.98. The van der Waals surface area contributed by atoms with E-state index < -0.39 is 0 Å². The Balaban J connectivity index is 2.71. The summed E-state index contributed by atoms with van der Waals surface area (Å²) in [5.41, 5.74) is 6.53. The Morgan fingerprint density at radius 1 is 0.952 bits per heavy atom. The summed E-state index contributed by atoms with van der Waals surface area (Å²) in [7, 11) is 3.18. The van der Waals surface area contributed by atoms with Gasteiger partial charge in [0, 0.05) is 30.8 Å². The molecule has 1 aromatic carbocycles. The molecule has 0 atom stereocenters. The third-order valence-electron chi connectivity index (χ3n) is 3.45. The Hall–Kier alpha value is -1.62. The summed E-state index contributed by atoms with van der Waals surface area (Å²) in [6.45, 7) is 10.2. The maximum atomic E-state index is 5.98. The zero-order valence-electron chi connectivity index (χ0n) is 14.0. The molecule has 0 aromatic heterocycles. The maximum Gasteiger partial charge on any atom is 0.164 e. The first-order valence-corrected chi connectivity index (χ1v) is 7.30. The van der Waals surface area contributed by atoms with Crippen LogP contribution in [0.5, 0.6) is 17.2 Å². The molecular weight excluding hydrogens is 268 g/mol. The second-order valence-corrected chi connectivity index (χ2v) is 5.52. The average Bonchev–Trinajstić information content (AvgIpc) is 2.43. The number of nitrogens with zero attached hydrogens (tertiary/aromatic N) is 1. The molecule has 0 aliphatic carbocycles. The van der Waals surface area contributed by atoms with E-state index in [4.69, 9.17) is 19.9 Å². The molecule has 0 bridgehead atoms. The topological polar surface area (TPSA) is 57.0 Å². The lowest BCUT2D eigenvalue weighted by Crippen LogP contribution is -2.39. The van der Waals surface area contributed by atoms with Gasteiger partial charge < -0.3 is 19.9 Å². The lowest BCUT2D eigenvalue weighted by atomic mass is 10.2. The van der Waals surface area contributed by atoms with Crippen molar-refractivity contribution in [2.24, 2.45) is 0 Å². The first-order chi connectivity index (χ1) is 9.90. The van der Waals surface area contributed by atoms with Gasteiger partial charge in [0.1, 0.15) is 12.4 Å². The summed E-state index contributed by atoms with van der Waals surface area (Å²) in [5, 5.41) is 0. The fraction of sp³-hybridized carbons (Fsp3) is 0.625. The van der Waals surface area contributed by atoms with Crippen molar-refractivity contribution >= 4 is 5.69 Å². The van der Waals surface area contributed by atoms with Gasteiger partial charge in [0.25, 0.3) is 0 Å². The predicted octanol–water partition coefficient (Wildman–Crippen LogP) is 2.78. The van der Waals surface area contributed by atoms with E-state index in [1.165, 1.54) is 0 Å². The first-order valence-electron chi connectivity index (χ1n) is 7.30. The van der Waals surface area contributed by atoms with E-state index in [9.17, 15) is 0 Å². The molecule has 21 heavy (non-hydrogen) atoms. The highest BCUT2D eigenvalue weighted by Crippen LogP contribution is 2.36. The third kappa shape index (κ3) is 4.70. The average molecular weight is 296 g/mol. The van der Waals surface area contributed by atoms with E-state index in [2.05, 4.69) is 32.6 Å². The quantitative estimate of drug-likeness (QED) is 0.748. The molecule has 5 heteroatoms. The summed E-state index contributed by atoms with van der Waals surface area (Å²) >= 11 is 0. The Morgan fingerprint density at radius 3 is 1.95 bits per heavy atom. The minimum absolute atomic E-state index is 0.483. The predicted molar refractivity (Wildman–Crippen MR) is 86.4 cm³/mol. The highest BCUT2D eigenvalue weighted by atomic mass is 16.5. The lowest BCUT2D eigenvalue weighted by molar-refractivity contribution is 0.142. The molecule has 5 nitrogen and oxygen atoms in total. The number of ether oxygens (including phenoxy) is 3. The highest BCUT2D eigenvalue weighted by Gasteiger charge is 2.14. The second-order valence-electron chi connectivity index (χ2n) is 5.52. The molecular formula is C16H28N2O3. The van der Waals surface area contributed by atoms with Crippen LogP contribution >= 0.6 is 0 Å². The van der Waals surface area contributed by atoms with Crippen molar-refractivity contribution < 1.29 is 14.2 Å². The normalized spacial score (nSPS) is 11.3. The van der Waals surface area contributed by atoms with Crippen LogP contribution in [-0.4, -0.2) is 44.4 Å². The van der Waals surface area contributed by atoms with E-state index in [0.717, 1.165) is 6.54 Å². The molecule has 1 aromatic rings. The molecule has 0 saturated heterocycles. The van der Waals surface area contributed by atoms with E-state index in [1.54, 1.807) is 26.4 Å². The summed E-state index contributed by atoms with van der Waals surface area (Å²) in [4.78, 5) is 2.37. The van der Waals surface area contributed by atoms with Crippen LogP contribution in [0, 0.1) is 0 Å². The third-order valence-corrected chi connectivity index (χ3v) is 3.45. The smallest absolute Gasteiger partial charge is 0.164 e. The Labute approximate surface area is 128 Å². The van der Waals surface area contributed by atoms with Crippen LogP contribution in [0.25, 0.3) is 0 Å². The largest absolute Gasteiger partial charge is 0.493 e. The molecule has 0 unspecified atom stereocenters. The van der Waals surface area contributed by atoms with E-state index in [0.29, 0.717) is 41.6 Å². The molecule has 0 spiro atoms. The summed E-state index contributed by atoms with van der Waals surface area (Å²) < 4.78 is 16.3. The van der Waals surface area contributed by atoms with Gasteiger partial charge in [-0.3, -0.25) is 4.90 Å². The van der Waals surface area contributed by atoms with Gasteiger partial charge in [0.05, 0.1) is 19.9 Å². The fourth-order valence-corrected chi connectivity index (χ4v) is 2.37. The molecule has 0 aliphatic heterocycles. The van der Waals surface area contributed by atoms with Gasteiger partial charge >= 0.3 is 0 Å². The van der Waals surface area contributed by atoms with Crippen molar-refractivity contribution in [3.63, 3.8) is 0 Å². The van der Waals surface area contributed by atoms with Gasteiger partial charge in [-0.15, -0.1) is 0 Å². The van der Waals surface area contributed by atoms with Crippen molar-refractivity contribution in [1.29, 1.82) is 0 Å². The Bertz CT molecular complexity index is 439. The fourth-order valence-electron chi connectivity index (χ4n) is 2.37. The summed E-state index contributed by atoms with van der Waals surface area (Å²) in [6, 6.07) is 4.45. The standard InChI is InChI=1S/C16H28N2O3/c1-11(2)18(12(3)4)7-8-21-14-10-16(20-6)15(19-5)9-13(14)17/h9-12H,7-8,17H2,1-6H3. The van der Waals surface area contributed by atoms with Crippen LogP contribution in [0.4, 0.5) is 5.69 Å². The molecule has 0 aliphatic rings. The number of hydrogen-bond donors (Lipinski definition) is 1. The van der Waals surface area contributed by atoms with Gasteiger partial charge in [-0.25, -0.2) is 0 Å². The summed E-state index contributed by atoms with van der Waals surface area (Å²) in [6.07, 6.45) is 0. The molecule has 0 amide bonds. The van der Waals surface area contributed by atoms with Crippen molar-refractivity contribution in [2.75, 3.05) is 33.1 Å². The number of methoxy groups -OCH3 is 2. The Morgan fingerprint density at radius 2 is 1.48 bits per heavy atom. The van der Waals surface area contributed by atoms with Crippen molar-refractivity contribution in [1.82, 2.24) is 4.90 Å². The number of benzene rings is 1. The van der Waals surface area contributed by atoms with Crippen LogP contribution in [0.3, 0.4) is 0 Å². The molecule has 0 radical (unpaired) electrons. The number of rotatable bonds is 8. The lowest BCUT2D eigenvalue weighted by Gasteiger charge is -2.30. The number of nitrogens with two attached hydrogens (primary N) is 1. The van der Waals surface area contributed by atoms with Gasteiger partial charge in [-0.2, -0.15) is 0 Å². The molecule has 0 fully saturated rings. The van der Waals surface area contributed by atoms with Crippen LogP contribution in [0.2, 0.25) is 0 Å². The number of hydrogen-bond acceptors (Lipinski definition) is 5. The van der Waals surface area contributed by atoms with Crippen molar-refractivity contribution in [3.05, 3.63) is 12.1 Å². The van der Waals surface area contributed by atoms with Gasteiger partial charge in [0.15, 0.2) is 11.5 Å². The molecule has 2 N–H and O–H groups in total. The highest BCUT2D eigenvalue weighted by molar-refractivity contribution is 5.61. The minimum Gasteiger partial charge on any atom is -0.493 e. The Kier molecular flexibility index (Phi) is 6.62. The van der Waals surface area contributed by atoms with Crippen LogP contribution in [0.15, 0.2) is 12.1 Å². The molecule has 120 valence electrons. The van der Waals surface area contributed by atoms with Gasteiger partial charge in [0.2, 0.25) is 0 Å². The molecule has 1 rings (SSSR count). The van der Waals surface area contributed by atoms with Crippen molar-refractivity contribution in [2.45, 2.75) is 39.8 Å². The van der Waals surface area contributed by atoms with E-state index in [1.807, 2.05) is 0 Å².